The van der Waals surface area contributed by atoms with Crippen LogP contribution in [0.2, 0.25) is 0 Å². The Hall–Kier alpha value is -0.0800. The molecule has 0 saturated heterocycles. The predicted molar refractivity (Wildman–Crippen MR) is 62.6 cm³/mol. The molecule has 0 amide bonds. The van der Waals surface area contributed by atoms with Gasteiger partial charge in [-0.15, -0.1) is 0 Å². The van der Waals surface area contributed by atoms with Crippen LogP contribution in [-0.2, 0) is 0 Å². The van der Waals surface area contributed by atoms with Crippen molar-refractivity contribution in [3.8, 4) is 0 Å². The summed E-state index contributed by atoms with van der Waals surface area (Å²) in [4.78, 5) is 0. The first-order valence-electron chi connectivity index (χ1n) is 6.16. The number of aliphatic hydroxyl groups excluding tert-OH is 1. The Morgan fingerprint density at radius 3 is 2.47 bits per heavy atom. The van der Waals surface area contributed by atoms with E-state index in [0.717, 1.165) is 19.3 Å². The lowest BCUT2D eigenvalue weighted by Crippen LogP contribution is -2.50. The lowest BCUT2D eigenvalue weighted by Gasteiger charge is -2.47. The van der Waals surface area contributed by atoms with Gasteiger partial charge in [-0.2, -0.15) is 0 Å². The third-order valence-corrected chi connectivity index (χ3v) is 4.36. The van der Waals surface area contributed by atoms with Crippen LogP contribution in [0.4, 0.5) is 0 Å². The van der Waals surface area contributed by atoms with Gasteiger partial charge >= 0.3 is 0 Å². The second kappa shape index (κ2) is 4.42. The Kier molecular flexibility index (Phi) is 3.83. The topological polar surface area (TPSA) is 40.5 Å². The van der Waals surface area contributed by atoms with Crippen LogP contribution >= 0.6 is 0 Å². The van der Waals surface area contributed by atoms with Crippen molar-refractivity contribution in [1.29, 1.82) is 0 Å². The highest BCUT2D eigenvalue weighted by Gasteiger charge is 2.46. The second-order valence-corrected chi connectivity index (χ2v) is 6.17. The summed E-state index contributed by atoms with van der Waals surface area (Å²) in [5.74, 6) is 1.24. The van der Waals surface area contributed by atoms with Crippen molar-refractivity contribution in [1.82, 2.24) is 0 Å². The van der Waals surface area contributed by atoms with Crippen LogP contribution in [0.5, 0.6) is 0 Å². The monoisotopic (exact) mass is 214 g/mol. The van der Waals surface area contributed by atoms with E-state index in [1.54, 1.807) is 0 Å². The van der Waals surface area contributed by atoms with Gasteiger partial charge in [0.15, 0.2) is 0 Å². The van der Waals surface area contributed by atoms with E-state index >= 15 is 0 Å². The van der Waals surface area contributed by atoms with Gasteiger partial charge in [-0.25, -0.2) is 0 Å². The molecule has 2 heteroatoms. The molecule has 0 radical (unpaired) electrons. The highest BCUT2D eigenvalue weighted by Crippen LogP contribution is 2.45. The Morgan fingerprint density at radius 2 is 2.00 bits per heavy atom. The fourth-order valence-corrected chi connectivity index (χ4v) is 2.63. The molecule has 0 aromatic carbocycles. The molecule has 0 aromatic rings. The van der Waals surface area contributed by atoms with Crippen LogP contribution in [-0.4, -0.2) is 22.4 Å². The van der Waals surface area contributed by atoms with Gasteiger partial charge in [0.2, 0.25) is 0 Å². The first-order valence-corrected chi connectivity index (χ1v) is 6.16. The van der Waals surface area contributed by atoms with E-state index in [1.165, 1.54) is 6.42 Å². The van der Waals surface area contributed by atoms with Gasteiger partial charge in [0.25, 0.3) is 0 Å². The van der Waals surface area contributed by atoms with Crippen LogP contribution < -0.4 is 0 Å². The van der Waals surface area contributed by atoms with Gasteiger partial charge in [0, 0.05) is 5.41 Å². The standard InChI is InChI=1S/C13H26O2/c1-10(2)11-6-5-7-13(15,8-11)12(3,4)9-14/h10-11,14-15H,5-9H2,1-4H3. The summed E-state index contributed by atoms with van der Waals surface area (Å²) in [7, 11) is 0. The second-order valence-electron chi connectivity index (χ2n) is 6.17. The Morgan fingerprint density at radius 1 is 1.40 bits per heavy atom. The average molecular weight is 214 g/mol. The maximum absolute atomic E-state index is 10.7. The fraction of sp³-hybridized carbons (Fsp3) is 1.00. The number of rotatable bonds is 3. The van der Waals surface area contributed by atoms with Crippen LogP contribution in [0.3, 0.4) is 0 Å². The maximum atomic E-state index is 10.7. The fourth-order valence-electron chi connectivity index (χ4n) is 2.63. The summed E-state index contributed by atoms with van der Waals surface area (Å²) in [6.07, 6.45) is 3.99. The minimum absolute atomic E-state index is 0.0638. The van der Waals surface area contributed by atoms with Crippen LogP contribution in [0, 0.1) is 17.3 Å². The number of aliphatic hydroxyl groups is 2. The number of hydrogen-bond donors (Lipinski definition) is 2. The molecule has 1 aliphatic carbocycles. The zero-order valence-electron chi connectivity index (χ0n) is 10.6. The maximum Gasteiger partial charge on any atom is 0.0723 e. The lowest BCUT2D eigenvalue weighted by atomic mass is 9.63. The molecular formula is C13H26O2. The quantitative estimate of drug-likeness (QED) is 0.758. The molecule has 0 aliphatic heterocycles. The molecule has 90 valence electrons. The van der Waals surface area contributed by atoms with E-state index in [0.29, 0.717) is 11.8 Å². The third-order valence-electron chi connectivity index (χ3n) is 4.36. The van der Waals surface area contributed by atoms with E-state index in [1.807, 2.05) is 13.8 Å². The SMILES string of the molecule is CC(C)C1CCCC(O)(C(C)(C)CO)C1. The summed E-state index contributed by atoms with van der Waals surface area (Å²) in [5, 5.41) is 20.0. The van der Waals surface area contributed by atoms with E-state index in [9.17, 15) is 10.2 Å². The summed E-state index contributed by atoms with van der Waals surface area (Å²) in [6.45, 7) is 8.45. The van der Waals surface area contributed by atoms with Gasteiger partial charge in [0.1, 0.15) is 0 Å². The molecule has 0 aromatic heterocycles. The Balaban J connectivity index is 2.76. The van der Waals surface area contributed by atoms with Crippen molar-refractivity contribution in [3.05, 3.63) is 0 Å². The van der Waals surface area contributed by atoms with Gasteiger partial charge in [-0.05, 0) is 31.1 Å². The Labute approximate surface area is 93.7 Å². The molecule has 0 heterocycles. The highest BCUT2D eigenvalue weighted by molar-refractivity contribution is 4.97. The van der Waals surface area contributed by atoms with Crippen molar-refractivity contribution < 1.29 is 10.2 Å². The van der Waals surface area contributed by atoms with E-state index < -0.39 is 5.60 Å². The zero-order chi connectivity index (χ0) is 11.7. The minimum Gasteiger partial charge on any atom is -0.396 e. The molecule has 1 aliphatic rings. The molecule has 15 heavy (non-hydrogen) atoms. The summed E-state index contributed by atoms with van der Waals surface area (Å²) < 4.78 is 0. The van der Waals surface area contributed by atoms with Gasteiger partial charge in [0.05, 0.1) is 12.2 Å². The molecular weight excluding hydrogens is 188 g/mol. The predicted octanol–water partition coefficient (Wildman–Crippen LogP) is 2.58. The molecule has 1 rings (SSSR count). The highest BCUT2D eigenvalue weighted by atomic mass is 16.3. The molecule has 2 unspecified atom stereocenters. The van der Waals surface area contributed by atoms with Gasteiger partial charge < -0.3 is 10.2 Å². The van der Waals surface area contributed by atoms with Crippen molar-refractivity contribution in [3.63, 3.8) is 0 Å². The summed E-state index contributed by atoms with van der Waals surface area (Å²) >= 11 is 0. The van der Waals surface area contributed by atoms with Crippen molar-refractivity contribution in [2.45, 2.75) is 59.0 Å². The minimum atomic E-state index is -0.672. The number of hydrogen-bond acceptors (Lipinski definition) is 2. The molecule has 0 spiro atoms. The van der Waals surface area contributed by atoms with Crippen molar-refractivity contribution in [2.24, 2.45) is 17.3 Å². The summed E-state index contributed by atoms with van der Waals surface area (Å²) in [5.41, 5.74) is -1.05. The molecule has 0 bridgehead atoms. The Bertz CT molecular complexity index is 211. The van der Waals surface area contributed by atoms with Gasteiger partial charge in [-0.3, -0.25) is 0 Å². The average Bonchev–Trinajstić information content (AvgIpc) is 2.17. The van der Waals surface area contributed by atoms with Crippen LogP contribution in [0.1, 0.15) is 53.4 Å². The molecule has 1 saturated carbocycles. The molecule has 2 atom stereocenters. The van der Waals surface area contributed by atoms with E-state index in [-0.39, 0.29) is 12.0 Å². The van der Waals surface area contributed by atoms with Crippen molar-refractivity contribution in [2.75, 3.05) is 6.61 Å². The van der Waals surface area contributed by atoms with E-state index in [4.69, 9.17) is 0 Å². The first-order chi connectivity index (χ1) is 6.82. The zero-order valence-corrected chi connectivity index (χ0v) is 10.6. The van der Waals surface area contributed by atoms with Crippen LogP contribution in [0.15, 0.2) is 0 Å². The summed E-state index contributed by atoms with van der Waals surface area (Å²) in [6, 6.07) is 0. The molecule has 2 N–H and O–H groups in total. The van der Waals surface area contributed by atoms with Crippen LogP contribution in [0.25, 0.3) is 0 Å². The lowest BCUT2D eigenvalue weighted by molar-refractivity contribution is -0.128. The smallest absolute Gasteiger partial charge is 0.0723 e. The van der Waals surface area contributed by atoms with E-state index in [2.05, 4.69) is 13.8 Å². The molecule has 1 fully saturated rings. The first kappa shape index (κ1) is 13.0. The normalized spacial score (nSPS) is 33.4. The third kappa shape index (κ3) is 2.54. The largest absolute Gasteiger partial charge is 0.396 e. The van der Waals surface area contributed by atoms with Crippen molar-refractivity contribution >= 4 is 0 Å². The molecule has 2 nitrogen and oxygen atoms in total. The van der Waals surface area contributed by atoms with Gasteiger partial charge in [-0.1, -0.05) is 34.1 Å².